The third-order valence-corrected chi connectivity index (χ3v) is 7.37. The van der Waals surface area contributed by atoms with Gasteiger partial charge in [0, 0.05) is 17.1 Å². The Labute approximate surface area is 209 Å². The molecule has 0 saturated heterocycles. The lowest BCUT2D eigenvalue weighted by atomic mass is 9.92. The van der Waals surface area contributed by atoms with Crippen molar-refractivity contribution in [3.63, 3.8) is 0 Å². The molecule has 1 radical (unpaired) electrons. The van der Waals surface area contributed by atoms with E-state index in [4.69, 9.17) is 16.6 Å². The Kier molecular flexibility index (Phi) is 9.93. The smallest absolute Gasteiger partial charge is 0.257 e. The average Bonchev–Trinajstić information content (AvgIpc) is 2.73. The fourth-order valence-corrected chi connectivity index (χ4v) is 5.54. The predicted octanol–water partition coefficient (Wildman–Crippen LogP) is 9.41. The monoisotopic (exact) mass is 477 g/mol. The van der Waals surface area contributed by atoms with Gasteiger partial charge in [-0.2, -0.15) is 0 Å². The number of benzene rings is 2. The van der Waals surface area contributed by atoms with E-state index in [1.165, 1.54) is 27.9 Å². The van der Waals surface area contributed by atoms with Crippen molar-refractivity contribution in [3.05, 3.63) is 70.4 Å². The maximum Gasteiger partial charge on any atom is 0.257 e. The lowest BCUT2D eigenvalue weighted by Gasteiger charge is -2.29. The van der Waals surface area contributed by atoms with Gasteiger partial charge in [0.25, 0.3) is 8.39 Å². The third kappa shape index (κ3) is 6.57. The summed E-state index contributed by atoms with van der Waals surface area (Å²) in [5, 5.41) is 0. The first-order valence-corrected chi connectivity index (χ1v) is 14.2. The van der Waals surface area contributed by atoms with Gasteiger partial charge in [-0.05, 0) is 65.8 Å². The zero-order chi connectivity index (χ0) is 24.9. The summed E-state index contributed by atoms with van der Waals surface area (Å²) in [5.41, 5.74) is 9.88. The van der Waals surface area contributed by atoms with Gasteiger partial charge in [0.15, 0.2) is 0 Å². The molecule has 2 aromatic carbocycles. The van der Waals surface area contributed by atoms with E-state index in [0.29, 0.717) is 23.7 Å². The molecule has 33 heavy (non-hydrogen) atoms. The van der Waals surface area contributed by atoms with Crippen LogP contribution in [0.4, 0.5) is 11.4 Å². The largest absolute Gasteiger partial charge is 0.341 e. The van der Waals surface area contributed by atoms with Crippen molar-refractivity contribution in [3.8, 4) is 0 Å². The highest BCUT2D eigenvalue weighted by atomic mass is 32.2. The van der Waals surface area contributed by atoms with Gasteiger partial charge in [-0.3, -0.25) is 4.99 Å². The molecule has 2 nitrogen and oxygen atoms in total. The van der Waals surface area contributed by atoms with Crippen LogP contribution in [0, 0.1) is 0 Å². The maximum atomic E-state index is 5.69. The third-order valence-electron chi connectivity index (χ3n) is 6.06. The average molecular weight is 478 g/mol. The SMILES string of the molecule is CC(/C=C(\C)N([Si]=S)c1c(C(C)C)cccc1C(C)C)=Nc1c(C(C)C)cccc1C(C)C. The summed E-state index contributed by atoms with van der Waals surface area (Å²) in [6.45, 7) is 22.3. The molecule has 0 aliphatic carbocycles. The van der Waals surface area contributed by atoms with Gasteiger partial charge in [-0.15, -0.1) is 11.6 Å². The minimum atomic E-state index is 0.233. The maximum absolute atomic E-state index is 5.69. The molecule has 0 aromatic heterocycles. The van der Waals surface area contributed by atoms with Crippen LogP contribution in [-0.2, 0) is 0 Å². The van der Waals surface area contributed by atoms with Crippen molar-refractivity contribution in [2.24, 2.45) is 4.99 Å². The van der Waals surface area contributed by atoms with Gasteiger partial charge >= 0.3 is 0 Å². The fraction of sp³-hybridized carbons (Fsp3) is 0.483. The molecular formula is C29H41N2SSi. The molecule has 4 heteroatoms. The Morgan fingerprint density at radius 3 is 1.52 bits per heavy atom. The van der Waals surface area contributed by atoms with Gasteiger partial charge in [0.05, 0.1) is 5.69 Å². The topological polar surface area (TPSA) is 15.6 Å². The highest BCUT2D eigenvalue weighted by molar-refractivity contribution is 7.86. The van der Waals surface area contributed by atoms with Crippen LogP contribution in [0.15, 0.2) is 53.2 Å². The Hall–Kier alpha value is -1.91. The summed E-state index contributed by atoms with van der Waals surface area (Å²) in [7, 11) is 0.233. The zero-order valence-electron chi connectivity index (χ0n) is 22.2. The highest BCUT2D eigenvalue weighted by Gasteiger charge is 2.20. The zero-order valence-corrected chi connectivity index (χ0v) is 24.0. The lowest BCUT2D eigenvalue weighted by molar-refractivity contribution is 0.831. The molecule has 0 aliphatic heterocycles. The summed E-state index contributed by atoms with van der Waals surface area (Å²) >= 11 is 5.69. The second-order valence-corrected chi connectivity index (χ2v) is 11.3. The van der Waals surface area contributed by atoms with Crippen molar-refractivity contribution in [1.29, 1.82) is 0 Å². The first-order chi connectivity index (χ1) is 15.5. The molecule has 0 saturated carbocycles. The Morgan fingerprint density at radius 1 is 0.758 bits per heavy atom. The molecule has 0 amide bonds. The molecule has 0 unspecified atom stereocenters. The number of allylic oxidation sites excluding steroid dienone is 2. The van der Waals surface area contributed by atoms with E-state index in [9.17, 15) is 0 Å². The standard InChI is InChI=1S/C29H41N2SSi/c1-18(2)24-13-11-14-25(19(3)4)28(24)30-22(9)17-23(10)31(33-32)29-26(20(5)6)15-12-16-27(29)21(7)8/h11-21H,1-10H3/b23-17+,30-22?. The van der Waals surface area contributed by atoms with E-state index in [-0.39, 0.29) is 8.39 Å². The Bertz CT molecular complexity index is 979. The molecule has 0 aliphatic rings. The summed E-state index contributed by atoms with van der Waals surface area (Å²) < 4.78 is 2.32. The highest BCUT2D eigenvalue weighted by Crippen LogP contribution is 2.37. The lowest BCUT2D eigenvalue weighted by Crippen LogP contribution is -2.23. The van der Waals surface area contributed by atoms with Gasteiger partial charge in [-0.25, -0.2) is 0 Å². The van der Waals surface area contributed by atoms with Crippen LogP contribution >= 0.6 is 11.6 Å². The van der Waals surface area contributed by atoms with Crippen LogP contribution in [0.1, 0.15) is 115 Å². The number of rotatable bonds is 9. The van der Waals surface area contributed by atoms with E-state index in [0.717, 1.165) is 17.1 Å². The van der Waals surface area contributed by atoms with Crippen molar-refractivity contribution < 1.29 is 0 Å². The van der Waals surface area contributed by atoms with Crippen LogP contribution in [-0.4, -0.2) is 14.1 Å². The van der Waals surface area contributed by atoms with Crippen molar-refractivity contribution in [1.82, 2.24) is 0 Å². The number of aliphatic imine (C=N–C) groups is 1. The first kappa shape index (κ1) is 27.3. The summed E-state index contributed by atoms with van der Waals surface area (Å²) in [4.78, 5) is 5.15. The van der Waals surface area contributed by atoms with Crippen LogP contribution in [0.5, 0.6) is 0 Å². The van der Waals surface area contributed by atoms with E-state index >= 15 is 0 Å². The van der Waals surface area contributed by atoms with Crippen molar-refractivity contribution in [2.45, 2.75) is 92.9 Å². The van der Waals surface area contributed by atoms with Gasteiger partial charge in [0.2, 0.25) is 0 Å². The molecular weight excluding hydrogens is 436 g/mol. The Balaban J connectivity index is 2.62. The van der Waals surface area contributed by atoms with Gasteiger partial charge in [0.1, 0.15) is 0 Å². The quantitative estimate of drug-likeness (QED) is 0.264. The number of para-hydroxylation sites is 2. The second kappa shape index (κ2) is 12.0. The first-order valence-electron chi connectivity index (χ1n) is 12.2. The van der Waals surface area contributed by atoms with Crippen molar-refractivity contribution in [2.75, 3.05) is 4.57 Å². The molecule has 0 fully saturated rings. The predicted molar refractivity (Wildman–Crippen MR) is 152 cm³/mol. The molecule has 0 heterocycles. The molecule has 177 valence electrons. The molecule has 2 rings (SSSR count). The molecule has 0 N–H and O–H groups in total. The summed E-state index contributed by atoms with van der Waals surface area (Å²) in [6, 6.07) is 13.3. The minimum absolute atomic E-state index is 0.233. The van der Waals surface area contributed by atoms with E-state index in [1.54, 1.807) is 0 Å². The van der Waals surface area contributed by atoms with Crippen LogP contribution in [0.3, 0.4) is 0 Å². The van der Waals surface area contributed by atoms with Gasteiger partial charge < -0.3 is 4.57 Å². The molecule has 0 atom stereocenters. The number of anilines is 1. The molecule has 0 spiro atoms. The number of nitrogens with zero attached hydrogens (tertiary/aromatic N) is 2. The normalized spacial score (nSPS) is 12.9. The molecule has 0 bridgehead atoms. The van der Waals surface area contributed by atoms with E-state index in [2.05, 4.69) is 116 Å². The summed E-state index contributed by atoms with van der Waals surface area (Å²) in [6.07, 6.45) is 2.20. The Morgan fingerprint density at radius 2 is 1.15 bits per heavy atom. The number of hydrogen-bond acceptors (Lipinski definition) is 2. The summed E-state index contributed by atoms with van der Waals surface area (Å²) in [5.74, 6) is 1.72. The van der Waals surface area contributed by atoms with E-state index < -0.39 is 0 Å². The van der Waals surface area contributed by atoms with Crippen LogP contribution in [0.25, 0.3) is 0 Å². The fourth-order valence-electron chi connectivity index (χ4n) is 4.28. The van der Waals surface area contributed by atoms with Gasteiger partial charge in [-0.1, -0.05) is 91.8 Å². The van der Waals surface area contributed by atoms with Crippen LogP contribution < -0.4 is 4.57 Å². The minimum Gasteiger partial charge on any atom is -0.341 e. The second-order valence-electron chi connectivity index (χ2n) is 10.2. The van der Waals surface area contributed by atoms with Crippen molar-refractivity contribution >= 4 is 37.1 Å². The van der Waals surface area contributed by atoms with Crippen LogP contribution in [0.2, 0.25) is 0 Å². The molecule has 2 aromatic rings. The van der Waals surface area contributed by atoms with E-state index in [1.807, 2.05) is 0 Å². The number of hydrogen-bond donors (Lipinski definition) is 0.